The molecule has 0 atom stereocenters. The van der Waals surface area contributed by atoms with Crippen LogP contribution in [0.2, 0.25) is 0 Å². The number of anilines is 4. The maximum atomic E-state index is 6.63. The van der Waals surface area contributed by atoms with Crippen LogP contribution >= 0.6 is 0 Å². The fraction of sp³-hybridized carbons (Fsp3) is 0.192. The topological polar surface area (TPSA) is 33.5 Å². The summed E-state index contributed by atoms with van der Waals surface area (Å²) in [5.74, 6) is 5.24. The number of hydrogen-bond acceptors (Lipinski definition) is 4. The predicted octanol–water partition coefficient (Wildman–Crippen LogP) is 12.7. The normalized spacial score (nSPS) is 23.0. The zero-order valence-corrected chi connectivity index (χ0v) is 34.2. The molecule has 0 spiro atoms. The zero-order valence-electron chi connectivity index (χ0n) is 31.9. The number of benzene rings is 6. The monoisotopic (exact) mass is 932 g/mol. The van der Waals surface area contributed by atoms with Gasteiger partial charge in [0.1, 0.15) is 5.82 Å². The second-order valence-electron chi connectivity index (χ2n) is 16.6. The molecule has 288 valence electrons. The van der Waals surface area contributed by atoms with E-state index in [0.717, 1.165) is 56.8 Å². The quantitative estimate of drug-likeness (QED) is 0.149. The van der Waals surface area contributed by atoms with Gasteiger partial charge in [0, 0.05) is 66.8 Å². The van der Waals surface area contributed by atoms with Gasteiger partial charge in [-0.3, -0.25) is 0 Å². The van der Waals surface area contributed by atoms with E-state index in [0.29, 0.717) is 23.3 Å². The summed E-state index contributed by atoms with van der Waals surface area (Å²) in [4.78, 5) is 9.50. The summed E-state index contributed by atoms with van der Waals surface area (Å²) in [7, 11) is 0. The van der Waals surface area contributed by atoms with Crippen LogP contribution in [0.5, 0.6) is 11.5 Å². The molecule has 4 aliphatic carbocycles. The first-order chi connectivity index (χ1) is 28.2. The molecule has 4 saturated carbocycles. The third kappa shape index (κ3) is 5.50. The van der Waals surface area contributed by atoms with E-state index in [9.17, 15) is 0 Å². The van der Waals surface area contributed by atoms with Crippen LogP contribution in [0.4, 0.5) is 22.7 Å². The van der Waals surface area contributed by atoms with Crippen molar-refractivity contribution in [3.8, 4) is 17.3 Å². The maximum absolute atomic E-state index is 6.63. The summed E-state index contributed by atoms with van der Waals surface area (Å²) in [5, 5.41) is 2.30. The molecule has 6 aromatic carbocycles. The molecule has 58 heavy (non-hydrogen) atoms. The first kappa shape index (κ1) is 35.5. The van der Waals surface area contributed by atoms with Gasteiger partial charge in [-0.1, -0.05) is 84.4 Å². The van der Waals surface area contributed by atoms with Gasteiger partial charge in [-0.25, -0.2) is 4.98 Å². The molecule has 0 saturated heterocycles. The molecule has 13 rings (SSSR count). The van der Waals surface area contributed by atoms with Gasteiger partial charge in [0.15, 0.2) is 0 Å². The summed E-state index contributed by atoms with van der Waals surface area (Å²) < 4.78 is 8.93. The number of rotatable bonds is 7. The molecule has 4 bridgehead atoms. The van der Waals surface area contributed by atoms with E-state index in [-0.39, 0.29) is 26.5 Å². The molecule has 6 heteroatoms. The van der Waals surface area contributed by atoms with Crippen molar-refractivity contribution in [2.24, 2.45) is 23.7 Å². The fourth-order valence-electron chi connectivity index (χ4n) is 11.6. The average molecular weight is 933 g/mol. The van der Waals surface area contributed by atoms with Crippen molar-refractivity contribution < 1.29 is 25.8 Å². The SMILES string of the molecule is [Pt].[c-]1c(Oc2[c-]c3c(cc2)c2ccccc2n3-c2cc(C3(c4ccccc4)C4CC5CC(C4)CC3C5)ccn2)cccc1N1[CH-]N(c2ccccc2)c2ccccc21. The van der Waals surface area contributed by atoms with E-state index in [4.69, 9.17) is 9.72 Å². The van der Waals surface area contributed by atoms with E-state index >= 15 is 0 Å². The smallest absolute Gasteiger partial charge is 0.135 e. The number of aromatic nitrogens is 2. The van der Waals surface area contributed by atoms with Crippen LogP contribution < -0.4 is 14.5 Å². The van der Waals surface area contributed by atoms with Gasteiger partial charge < -0.3 is 19.1 Å². The Kier molecular flexibility index (Phi) is 8.59. The zero-order chi connectivity index (χ0) is 37.5. The Balaban J connectivity index is 0.00000385. The molecule has 1 aliphatic heterocycles. The standard InChI is InChI=1S/C52H41N4O.Pt/c1-3-12-37(13-4-1)52(39-27-35-26-36(29-39)30-40(52)28-35)38-24-25-53-51(31-38)56-47-19-8-7-18-45(47)46-23-22-44(33-50(46)56)57-43-17-11-16-42(32-43)55-34-54(41-14-5-2-6-15-41)48-20-9-10-21-49(48)55;/h1-25,31,34-36,39-40H,26-30H2;/q-3;. The molecular weight excluding hydrogens is 892 g/mol. The molecule has 0 radical (unpaired) electrons. The number of ether oxygens (including phenoxy) is 1. The van der Waals surface area contributed by atoms with Crippen molar-refractivity contribution in [1.29, 1.82) is 0 Å². The summed E-state index contributed by atoms with van der Waals surface area (Å²) in [5.41, 5.74) is 9.14. The van der Waals surface area contributed by atoms with Crippen molar-refractivity contribution in [3.05, 3.63) is 188 Å². The number of pyridine rings is 1. The van der Waals surface area contributed by atoms with Crippen molar-refractivity contribution in [1.82, 2.24) is 9.55 Å². The van der Waals surface area contributed by atoms with Gasteiger partial charge in [-0.2, -0.15) is 12.1 Å². The molecule has 5 nitrogen and oxygen atoms in total. The first-order valence-corrected chi connectivity index (χ1v) is 20.5. The predicted molar refractivity (Wildman–Crippen MR) is 228 cm³/mol. The molecule has 5 aliphatic rings. The van der Waals surface area contributed by atoms with Crippen LogP contribution in [0, 0.1) is 42.5 Å². The molecule has 0 unspecified atom stereocenters. The van der Waals surface area contributed by atoms with E-state index in [2.05, 4.69) is 161 Å². The van der Waals surface area contributed by atoms with Crippen molar-refractivity contribution in [2.45, 2.75) is 37.5 Å². The van der Waals surface area contributed by atoms with E-state index < -0.39 is 0 Å². The first-order valence-electron chi connectivity index (χ1n) is 20.5. The van der Waals surface area contributed by atoms with Crippen LogP contribution in [-0.2, 0) is 26.5 Å². The van der Waals surface area contributed by atoms with Gasteiger partial charge in [0.25, 0.3) is 0 Å². The van der Waals surface area contributed by atoms with Gasteiger partial charge in [-0.05, 0) is 115 Å². The molecule has 0 N–H and O–H groups in total. The maximum Gasteiger partial charge on any atom is 0.135 e. The van der Waals surface area contributed by atoms with Crippen LogP contribution in [-0.4, -0.2) is 9.55 Å². The number of fused-ring (bicyclic) bond motifs is 4. The Hall–Kier alpha value is -5.64. The van der Waals surface area contributed by atoms with Gasteiger partial charge in [0.05, 0.1) is 0 Å². The molecule has 2 aromatic heterocycles. The Morgan fingerprint density at radius 2 is 1.26 bits per heavy atom. The van der Waals surface area contributed by atoms with Crippen LogP contribution in [0.1, 0.15) is 43.2 Å². The minimum Gasteiger partial charge on any atom is -0.509 e. The van der Waals surface area contributed by atoms with Gasteiger partial charge >= 0.3 is 0 Å². The third-order valence-corrected chi connectivity index (χ3v) is 13.6. The minimum atomic E-state index is -0.00459. The fourth-order valence-corrected chi connectivity index (χ4v) is 11.6. The van der Waals surface area contributed by atoms with E-state index in [1.807, 2.05) is 30.5 Å². The molecule has 4 fully saturated rings. The summed E-state index contributed by atoms with van der Waals surface area (Å²) >= 11 is 0. The third-order valence-electron chi connectivity index (χ3n) is 13.6. The second kappa shape index (κ2) is 14.0. The van der Waals surface area contributed by atoms with Crippen molar-refractivity contribution in [2.75, 3.05) is 9.80 Å². The van der Waals surface area contributed by atoms with E-state index in [1.54, 1.807) is 0 Å². The molecular formula is C52H41N4OPt-3. The largest absolute Gasteiger partial charge is 0.509 e. The molecule has 0 amide bonds. The summed E-state index contributed by atoms with van der Waals surface area (Å²) in [6.07, 6.45) is 8.80. The second-order valence-corrected chi connectivity index (χ2v) is 16.6. The van der Waals surface area contributed by atoms with Crippen LogP contribution in [0.25, 0.3) is 27.6 Å². The van der Waals surface area contributed by atoms with Gasteiger partial charge in [-0.15, -0.1) is 48.1 Å². The van der Waals surface area contributed by atoms with E-state index in [1.165, 1.54) is 48.6 Å². The number of nitrogens with zero attached hydrogens (tertiary/aromatic N) is 4. The van der Waals surface area contributed by atoms with Crippen LogP contribution in [0.15, 0.2) is 158 Å². The Morgan fingerprint density at radius 3 is 2.03 bits per heavy atom. The number of hydrogen-bond donors (Lipinski definition) is 0. The molecule has 3 heterocycles. The van der Waals surface area contributed by atoms with Gasteiger partial charge in [0.2, 0.25) is 0 Å². The Labute approximate surface area is 354 Å². The van der Waals surface area contributed by atoms with Crippen molar-refractivity contribution >= 4 is 44.6 Å². The molecule has 8 aromatic rings. The van der Waals surface area contributed by atoms with Crippen LogP contribution in [0.3, 0.4) is 0 Å². The summed E-state index contributed by atoms with van der Waals surface area (Å²) in [6.45, 7) is 2.12. The number of para-hydroxylation sites is 4. The Morgan fingerprint density at radius 1 is 0.586 bits per heavy atom. The average Bonchev–Trinajstić information content (AvgIpc) is 3.81. The van der Waals surface area contributed by atoms with Crippen molar-refractivity contribution in [3.63, 3.8) is 0 Å². The minimum absolute atomic E-state index is 0. The summed E-state index contributed by atoms with van der Waals surface area (Å²) in [6, 6.07) is 61.2. The Bertz CT molecular complexity index is 2770.